The molecule has 0 aromatic heterocycles. The van der Waals surface area contributed by atoms with Crippen molar-refractivity contribution in [3.05, 3.63) is 24.3 Å². The van der Waals surface area contributed by atoms with E-state index in [4.69, 9.17) is 5.73 Å². The van der Waals surface area contributed by atoms with Crippen molar-refractivity contribution in [1.29, 1.82) is 0 Å². The van der Waals surface area contributed by atoms with Gasteiger partial charge in [0.2, 0.25) is 0 Å². The summed E-state index contributed by atoms with van der Waals surface area (Å²) in [5.74, 6) is 0. The summed E-state index contributed by atoms with van der Waals surface area (Å²) < 4.78 is 0.293. The highest BCUT2D eigenvalue weighted by molar-refractivity contribution is 7.99. The lowest BCUT2D eigenvalue weighted by Gasteiger charge is -1.99. The minimum absolute atomic E-state index is 0.293. The van der Waals surface area contributed by atoms with Gasteiger partial charge >= 0.3 is 0 Å². The Morgan fingerprint density at radius 2 is 1.81 bits per heavy atom. The van der Waals surface area contributed by atoms with Crippen molar-refractivity contribution in [3.8, 4) is 0 Å². The summed E-state index contributed by atoms with van der Waals surface area (Å²) in [4.78, 5) is 0.840. The SMILES string of the molecule is CCCCCC(S)S.Nc1ccccc1S. The molecule has 1 nitrogen and oxygen atoms in total. The molecule has 0 heterocycles. The average molecular weight is 276 g/mol. The summed E-state index contributed by atoms with van der Waals surface area (Å²) in [6.45, 7) is 2.20. The van der Waals surface area contributed by atoms with Gasteiger partial charge in [-0.05, 0) is 18.6 Å². The molecule has 0 amide bonds. The fraction of sp³-hybridized carbons (Fsp3) is 0.500. The van der Waals surface area contributed by atoms with E-state index in [1.165, 1.54) is 19.3 Å². The molecule has 0 fully saturated rings. The van der Waals surface area contributed by atoms with Crippen molar-refractivity contribution < 1.29 is 0 Å². The van der Waals surface area contributed by atoms with Crippen molar-refractivity contribution >= 4 is 43.6 Å². The molecule has 4 heteroatoms. The van der Waals surface area contributed by atoms with Crippen molar-refractivity contribution in [2.24, 2.45) is 0 Å². The summed E-state index contributed by atoms with van der Waals surface area (Å²) >= 11 is 12.3. The largest absolute Gasteiger partial charge is 0.398 e. The molecule has 0 spiro atoms. The quantitative estimate of drug-likeness (QED) is 0.280. The molecule has 0 bridgehead atoms. The Labute approximate surface area is 115 Å². The summed E-state index contributed by atoms with van der Waals surface area (Å²) in [7, 11) is 0. The van der Waals surface area contributed by atoms with Gasteiger partial charge in [-0.2, -0.15) is 25.3 Å². The van der Waals surface area contributed by atoms with Gasteiger partial charge in [-0.15, -0.1) is 12.6 Å². The van der Waals surface area contributed by atoms with Crippen LogP contribution >= 0.6 is 37.9 Å². The van der Waals surface area contributed by atoms with Crippen LogP contribution in [0.1, 0.15) is 32.6 Å². The maximum Gasteiger partial charge on any atom is 0.0449 e. The van der Waals surface area contributed by atoms with Crippen LogP contribution in [-0.4, -0.2) is 4.58 Å². The first-order valence-corrected chi connectivity index (χ1v) is 6.95. The maximum absolute atomic E-state index is 5.44. The third kappa shape index (κ3) is 9.31. The predicted molar refractivity (Wildman–Crippen MR) is 84.0 cm³/mol. The molecular formula is C12H21NS3. The summed E-state index contributed by atoms with van der Waals surface area (Å²) in [5, 5.41) is 0. The normalized spacial score (nSPS) is 9.81. The van der Waals surface area contributed by atoms with Gasteiger partial charge in [0.1, 0.15) is 0 Å². The van der Waals surface area contributed by atoms with Gasteiger partial charge < -0.3 is 5.73 Å². The Bertz CT molecular complexity index is 256. The number of nitrogens with two attached hydrogens (primary N) is 1. The van der Waals surface area contributed by atoms with Crippen molar-refractivity contribution in [2.75, 3.05) is 5.73 Å². The van der Waals surface area contributed by atoms with E-state index in [0.29, 0.717) is 4.58 Å². The number of anilines is 1. The Morgan fingerprint density at radius 1 is 1.19 bits per heavy atom. The number of rotatable bonds is 4. The summed E-state index contributed by atoms with van der Waals surface area (Å²) in [5.41, 5.74) is 6.18. The first-order chi connectivity index (χ1) is 7.57. The molecule has 2 N–H and O–H groups in total. The molecule has 0 aliphatic heterocycles. The lowest BCUT2D eigenvalue weighted by Crippen LogP contribution is -1.85. The molecule has 16 heavy (non-hydrogen) atoms. The van der Waals surface area contributed by atoms with Crippen molar-refractivity contribution in [2.45, 2.75) is 42.1 Å². The number of hydrogen-bond acceptors (Lipinski definition) is 4. The van der Waals surface area contributed by atoms with E-state index in [1.54, 1.807) is 0 Å². The number of thiol groups is 3. The highest BCUT2D eigenvalue weighted by atomic mass is 32.2. The fourth-order valence-electron chi connectivity index (χ4n) is 1.06. The van der Waals surface area contributed by atoms with Crippen LogP contribution < -0.4 is 5.73 Å². The molecule has 0 atom stereocenters. The van der Waals surface area contributed by atoms with Crippen LogP contribution in [0.4, 0.5) is 5.69 Å². The van der Waals surface area contributed by atoms with Gasteiger partial charge in [-0.3, -0.25) is 0 Å². The van der Waals surface area contributed by atoms with Crippen LogP contribution in [0.5, 0.6) is 0 Å². The van der Waals surface area contributed by atoms with E-state index >= 15 is 0 Å². The molecule has 1 aromatic carbocycles. The Hall–Kier alpha value is 0.0700. The zero-order valence-corrected chi connectivity index (χ0v) is 12.3. The lowest BCUT2D eigenvalue weighted by atomic mass is 10.2. The van der Waals surface area contributed by atoms with Crippen molar-refractivity contribution in [1.82, 2.24) is 0 Å². The highest BCUT2D eigenvalue weighted by Crippen LogP contribution is 2.13. The minimum atomic E-state index is 0.293. The summed E-state index contributed by atoms with van der Waals surface area (Å²) in [6.07, 6.45) is 5.01. The smallest absolute Gasteiger partial charge is 0.0449 e. The standard InChI is InChI=1S/C6H7NS.C6H14S2/c7-5-3-1-2-4-6(5)8;1-2-3-4-5-6(7)8/h1-4,8H,7H2;6-8H,2-5H2,1H3. The predicted octanol–water partition coefficient (Wildman–Crippen LogP) is 4.31. The zero-order chi connectivity index (χ0) is 12.4. The monoisotopic (exact) mass is 275 g/mol. The van der Waals surface area contributed by atoms with Crippen LogP contribution in [0.3, 0.4) is 0 Å². The summed E-state index contributed by atoms with van der Waals surface area (Å²) in [6, 6.07) is 7.47. The van der Waals surface area contributed by atoms with E-state index < -0.39 is 0 Å². The van der Waals surface area contributed by atoms with E-state index in [-0.39, 0.29) is 0 Å². The Balaban J connectivity index is 0.000000281. The van der Waals surface area contributed by atoms with Crippen LogP contribution in [-0.2, 0) is 0 Å². The molecule has 1 aromatic rings. The van der Waals surface area contributed by atoms with Crippen molar-refractivity contribution in [3.63, 3.8) is 0 Å². The number of hydrogen-bond donors (Lipinski definition) is 4. The van der Waals surface area contributed by atoms with Crippen LogP contribution in [0, 0.1) is 0 Å². The second-order valence-corrected chi connectivity index (χ2v) is 5.67. The number of benzene rings is 1. The molecule has 0 saturated heterocycles. The zero-order valence-electron chi connectivity index (χ0n) is 9.63. The molecule has 0 unspecified atom stereocenters. The molecule has 0 radical (unpaired) electrons. The molecular weight excluding hydrogens is 254 g/mol. The first kappa shape index (κ1) is 16.1. The fourth-order valence-corrected chi connectivity index (χ4v) is 1.59. The second-order valence-electron chi connectivity index (χ2n) is 3.54. The molecule has 0 aliphatic rings. The average Bonchev–Trinajstić information content (AvgIpc) is 2.23. The van der Waals surface area contributed by atoms with Gasteiger partial charge in [-0.25, -0.2) is 0 Å². The number of unbranched alkanes of at least 4 members (excludes halogenated alkanes) is 2. The third-order valence-electron chi connectivity index (χ3n) is 2.00. The van der Waals surface area contributed by atoms with E-state index in [1.807, 2.05) is 24.3 Å². The van der Waals surface area contributed by atoms with Crippen LogP contribution in [0.15, 0.2) is 29.2 Å². The second kappa shape index (κ2) is 10.2. The van der Waals surface area contributed by atoms with Gasteiger partial charge in [-0.1, -0.05) is 38.3 Å². The van der Waals surface area contributed by atoms with Crippen LogP contribution in [0.25, 0.3) is 0 Å². The van der Waals surface area contributed by atoms with E-state index in [2.05, 4.69) is 44.8 Å². The van der Waals surface area contributed by atoms with E-state index in [9.17, 15) is 0 Å². The third-order valence-corrected chi connectivity index (χ3v) is 2.93. The maximum atomic E-state index is 5.44. The van der Waals surface area contributed by atoms with Gasteiger partial charge in [0.05, 0.1) is 0 Å². The Kier molecular flexibility index (Phi) is 10.3. The van der Waals surface area contributed by atoms with E-state index in [0.717, 1.165) is 17.0 Å². The van der Waals surface area contributed by atoms with Crippen LogP contribution in [0.2, 0.25) is 0 Å². The Morgan fingerprint density at radius 3 is 2.19 bits per heavy atom. The van der Waals surface area contributed by atoms with Gasteiger partial charge in [0.15, 0.2) is 0 Å². The van der Waals surface area contributed by atoms with Gasteiger partial charge in [0.25, 0.3) is 0 Å². The number of nitrogen functional groups attached to an aromatic ring is 1. The minimum Gasteiger partial charge on any atom is -0.398 e. The first-order valence-electron chi connectivity index (χ1n) is 5.47. The highest BCUT2D eigenvalue weighted by Gasteiger charge is 1.92. The number of para-hydroxylation sites is 1. The molecule has 1 rings (SSSR count). The molecule has 92 valence electrons. The molecule has 0 saturated carbocycles. The lowest BCUT2D eigenvalue weighted by molar-refractivity contribution is 0.698. The topological polar surface area (TPSA) is 26.0 Å². The van der Waals surface area contributed by atoms with Gasteiger partial charge in [0, 0.05) is 15.2 Å². The molecule has 0 aliphatic carbocycles.